The van der Waals surface area contributed by atoms with Gasteiger partial charge < -0.3 is 20.9 Å². The number of aromatic amines is 1. The molecule has 27 heavy (non-hydrogen) atoms. The summed E-state index contributed by atoms with van der Waals surface area (Å²) in [6, 6.07) is 2.29. The van der Waals surface area contributed by atoms with Crippen LogP contribution >= 0.6 is 0 Å². The molecule has 1 aromatic heterocycles. The number of anilines is 1. The number of nitrogen functional groups attached to an aromatic ring is 1. The lowest BCUT2D eigenvalue weighted by atomic mass is 9.93. The highest BCUT2D eigenvalue weighted by molar-refractivity contribution is 6.07. The molecule has 0 unspecified atom stereocenters. The van der Waals surface area contributed by atoms with E-state index in [0.717, 1.165) is 12.1 Å². The Morgan fingerprint density at radius 2 is 1.56 bits per heavy atom. The van der Waals surface area contributed by atoms with Gasteiger partial charge in [-0.15, -0.1) is 0 Å². The second kappa shape index (κ2) is 6.37. The number of pyridine rings is 1. The van der Waals surface area contributed by atoms with Gasteiger partial charge in [-0.25, -0.2) is 9.59 Å². The van der Waals surface area contributed by atoms with Crippen molar-refractivity contribution in [1.29, 1.82) is 0 Å². The standard InChI is InChI=1S/C15H9F5N2O5/c16-14(17,15(18,19)20)6-3-1-2-5(4-6)7-8(12(24)25)10(21)22-11(23)9(7)13(26)27/h1-4H,(H,24,25)(H,26,27)(H3,21,22,23). The number of hydrogen-bond acceptors (Lipinski definition) is 4. The summed E-state index contributed by atoms with van der Waals surface area (Å²) in [5.41, 5.74) is -1.25. The fourth-order valence-corrected chi connectivity index (χ4v) is 2.37. The zero-order chi connectivity index (χ0) is 20.7. The SMILES string of the molecule is Nc1[nH]c(=O)c(C(=O)O)c(-c2cccc(C(F)(F)C(F)(F)F)c2)c1C(=O)O. The second-order valence-electron chi connectivity index (χ2n) is 5.26. The first kappa shape index (κ1) is 19.9. The van der Waals surface area contributed by atoms with Crippen LogP contribution in [0, 0.1) is 0 Å². The minimum Gasteiger partial charge on any atom is -0.478 e. The van der Waals surface area contributed by atoms with E-state index in [4.69, 9.17) is 5.73 Å². The first-order valence-electron chi connectivity index (χ1n) is 6.86. The molecule has 0 fully saturated rings. The smallest absolute Gasteiger partial charge is 0.458 e. The lowest BCUT2D eigenvalue weighted by molar-refractivity contribution is -0.289. The van der Waals surface area contributed by atoms with Crippen LogP contribution in [-0.2, 0) is 5.92 Å². The van der Waals surface area contributed by atoms with Crippen LogP contribution in [0.25, 0.3) is 11.1 Å². The summed E-state index contributed by atoms with van der Waals surface area (Å²) in [6.45, 7) is 0. The van der Waals surface area contributed by atoms with Crippen LogP contribution in [0.5, 0.6) is 0 Å². The number of alkyl halides is 5. The van der Waals surface area contributed by atoms with Crippen molar-refractivity contribution >= 4 is 17.8 Å². The van der Waals surface area contributed by atoms with Gasteiger partial charge in [0.25, 0.3) is 5.56 Å². The van der Waals surface area contributed by atoms with Gasteiger partial charge in [-0.3, -0.25) is 4.79 Å². The largest absolute Gasteiger partial charge is 0.478 e. The normalized spacial score (nSPS) is 12.0. The lowest BCUT2D eigenvalue weighted by Gasteiger charge is -2.21. The molecule has 0 atom stereocenters. The molecule has 144 valence electrons. The van der Waals surface area contributed by atoms with Crippen molar-refractivity contribution < 1.29 is 41.8 Å². The van der Waals surface area contributed by atoms with Gasteiger partial charge in [-0.2, -0.15) is 22.0 Å². The van der Waals surface area contributed by atoms with E-state index in [1.54, 1.807) is 4.98 Å². The maximum atomic E-state index is 13.6. The van der Waals surface area contributed by atoms with Crippen molar-refractivity contribution in [1.82, 2.24) is 4.98 Å². The Morgan fingerprint density at radius 1 is 1.00 bits per heavy atom. The van der Waals surface area contributed by atoms with Crippen LogP contribution in [0.3, 0.4) is 0 Å². The topological polar surface area (TPSA) is 133 Å². The van der Waals surface area contributed by atoms with Crippen molar-refractivity contribution in [2.45, 2.75) is 12.1 Å². The number of nitrogens with one attached hydrogen (secondary N) is 1. The molecular formula is C15H9F5N2O5. The number of benzene rings is 1. The molecule has 0 aliphatic heterocycles. The molecule has 1 heterocycles. The average Bonchev–Trinajstić information content (AvgIpc) is 2.52. The Balaban J connectivity index is 2.91. The Labute approximate surface area is 145 Å². The number of carboxylic acids is 2. The van der Waals surface area contributed by atoms with E-state index in [2.05, 4.69) is 0 Å². The fourth-order valence-electron chi connectivity index (χ4n) is 2.37. The quantitative estimate of drug-likeness (QED) is 0.591. The van der Waals surface area contributed by atoms with Gasteiger partial charge in [-0.1, -0.05) is 18.2 Å². The summed E-state index contributed by atoms with van der Waals surface area (Å²) in [4.78, 5) is 36.4. The van der Waals surface area contributed by atoms with Crippen molar-refractivity contribution in [2.24, 2.45) is 0 Å². The molecule has 0 aliphatic rings. The molecule has 0 saturated carbocycles. The predicted molar refractivity (Wildman–Crippen MR) is 80.8 cm³/mol. The van der Waals surface area contributed by atoms with Crippen molar-refractivity contribution in [3.63, 3.8) is 0 Å². The van der Waals surface area contributed by atoms with E-state index in [9.17, 15) is 46.5 Å². The van der Waals surface area contributed by atoms with E-state index in [1.165, 1.54) is 0 Å². The highest BCUT2D eigenvalue weighted by Gasteiger charge is 2.58. The maximum absolute atomic E-state index is 13.6. The summed E-state index contributed by atoms with van der Waals surface area (Å²) < 4.78 is 64.9. The van der Waals surface area contributed by atoms with Crippen LogP contribution in [0.2, 0.25) is 0 Å². The van der Waals surface area contributed by atoms with Crippen molar-refractivity contribution in [3.05, 3.63) is 51.3 Å². The molecule has 7 nitrogen and oxygen atoms in total. The van der Waals surface area contributed by atoms with Crippen LogP contribution in [-0.4, -0.2) is 33.3 Å². The van der Waals surface area contributed by atoms with Gasteiger partial charge >= 0.3 is 24.0 Å². The fraction of sp³-hybridized carbons (Fsp3) is 0.133. The zero-order valence-electron chi connectivity index (χ0n) is 12.9. The van der Waals surface area contributed by atoms with Gasteiger partial charge in [0, 0.05) is 11.1 Å². The number of carboxylic acid groups (broad SMARTS) is 2. The second-order valence-corrected chi connectivity index (χ2v) is 5.26. The maximum Gasteiger partial charge on any atom is 0.458 e. The van der Waals surface area contributed by atoms with E-state index in [0.29, 0.717) is 6.07 Å². The number of H-pyrrole nitrogens is 1. The molecule has 12 heteroatoms. The predicted octanol–water partition coefficient (Wildman–Crippen LogP) is 2.67. The molecule has 1 aromatic carbocycles. The van der Waals surface area contributed by atoms with Gasteiger partial charge in [0.15, 0.2) is 0 Å². The Morgan fingerprint density at radius 3 is 2.04 bits per heavy atom. The van der Waals surface area contributed by atoms with E-state index >= 15 is 0 Å². The molecule has 2 rings (SSSR count). The monoisotopic (exact) mass is 392 g/mol. The number of rotatable bonds is 4. The van der Waals surface area contributed by atoms with Crippen LogP contribution in [0.4, 0.5) is 27.8 Å². The minimum atomic E-state index is -5.95. The molecule has 0 amide bonds. The number of nitrogens with two attached hydrogens (primary N) is 1. The Bertz CT molecular complexity index is 997. The molecule has 5 N–H and O–H groups in total. The molecule has 0 spiro atoms. The summed E-state index contributed by atoms with van der Waals surface area (Å²) >= 11 is 0. The third-order valence-electron chi connectivity index (χ3n) is 3.54. The summed E-state index contributed by atoms with van der Waals surface area (Å²) in [5, 5.41) is 18.4. The number of hydrogen-bond donors (Lipinski definition) is 4. The lowest BCUT2D eigenvalue weighted by Crippen LogP contribution is -2.33. The molecule has 0 bridgehead atoms. The third kappa shape index (κ3) is 3.32. The van der Waals surface area contributed by atoms with E-state index in [1.807, 2.05) is 0 Å². The van der Waals surface area contributed by atoms with Crippen LogP contribution in [0.15, 0.2) is 29.1 Å². The summed E-state index contributed by atoms with van der Waals surface area (Å²) in [6.07, 6.45) is -5.95. The zero-order valence-corrected chi connectivity index (χ0v) is 12.9. The number of halogens is 5. The number of aromatic carboxylic acids is 2. The van der Waals surface area contributed by atoms with Crippen molar-refractivity contribution in [3.8, 4) is 11.1 Å². The van der Waals surface area contributed by atoms with Gasteiger partial charge in [0.05, 0.1) is 0 Å². The summed E-state index contributed by atoms with van der Waals surface area (Å²) in [7, 11) is 0. The molecule has 2 aromatic rings. The molecule has 0 saturated heterocycles. The highest BCUT2D eigenvalue weighted by Crippen LogP contribution is 2.45. The van der Waals surface area contributed by atoms with Crippen LogP contribution < -0.4 is 11.3 Å². The van der Waals surface area contributed by atoms with Crippen molar-refractivity contribution in [2.75, 3.05) is 5.73 Å². The molecular weight excluding hydrogens is 383 g/mol. The summed E-state index contributed by atoms with van der Waals surface area (Å²) in [5.74, 6) is -9.85. The number of carbonyl (C=O) groups is 2. The van der Waals surface area contributed by atoms with E-state index < -0.39 is 63.2 Å². The van der Waals surface area contributed by atoms with Gasteiger partial charge in [0.1, 0.15) is 16.9 Å². The van der Waals surface area contributed by atoms with Gasteiger partial charge in [0.2, 0.25) is 0 Å². The first-order valence-corrected chi connectivity index (χ1v) is 6.86. The Kier molecular flexibility index (Phi) is 4.69. The van der Waals surface area contributed by atoms with Gasteiger partial charge in [-0.05, 0) is 11.6 Å². The average molecular weight is 392 g/mol. The van der Waals surface area contributed by atoms with Crippen LogP contribution in [0.1, 0.15) is 26.3 Å². The molecule has 0 radical (unpaired) electrons. The minimum absolute atomic E-state index is 0.251. The van der Waals surface area contributed by atoms with E-state index in [-0.39, 0.29) is 6.07 Å². The highest BCUT2D eigenvalue weighted by atomic mass is 19.4. The molecule has 0 aliphatic carbocycles. The Hall–Kier alpha value is -3.44. The number of aromatic nitrogens is 1. The third-order valence-corrected chi connectivity index (χ3v) is 3.54. The first-order chi connectivity index (χ1) is 12.3.